The van der Waals surface area contributed by atoms with Crippen LogP contribution in [0, 0.1) is 0 Å². The third-order valence-electron chi connectivity index (χ3n) is 4.44. The molecule has 3 aromatic rings. The number of sulfonamides is 1. The lowest BCUT2D eigenvalue weighted by molar-refractivity contribution is 0.122. The number of benzene rings is 1. The lowest BCUT2D eigenvalue weighted by Gasteiger charge is -2.28. The maximum atomic E-state index is 12.4. The Kier molecular flexibility index (Phi) is 5.47. The first kappa shape index (κ1) is 19.4. The van der Waals surface area contributed by atoms with Crippen molar-refractivity contribution in [2.24, 2.45) is 0 Å². The van der Waals surface area contributed by atoms with Crippen LogP contribution < -0.4 is 20.7 Å². The second-order valence-corrected chi connectivity index (χ2v) is 8.16. The monoisotopic (exact) mass is 420 g/mol. The quantitative estimate of drug-likeness (QED) is 0.455. The van der Waals surface area contributed by atoms with Gasteiger partial charge in [0, 0.05) is 32.2 Å². The summed E-state index contributed by atoms with van der Waals surface area (Å²) in [7, 11) is -3.73. The summed E-state index contributed by atoms with van der Waals surface area (Å²) in [5.41, 5.74) is 1.56. The molecule has 2 aromatic heterocycles. The predicted molar refractivity (Wildman–Crippen MR) is 106 cm³/mol. The summed E-state index contributed by atoms with van der Waals surface area (Å²) >= 11 is 0. The Morgan fingerprint density at radius 3 is 2.83 bits per heavy atom. The molecular formula is C17H20N6O5S. The van der Waals surface area contributed by atoms with Crippen LogP contribution in [0.15, 0.2) is 44.6 Å². The normalized spacial score (nSPS) is 15.0. The lowest BCUT2D eigenvalue weighted by atomic mass is 10.3. The largest absolute Gasteiger partial charge is 0.417 e. The number of morpholine rings is 1. The van der Waals surface area contributed by atoms with Gasteiger partial charge in [0.25, 0.3) is 0 Å². The van der Waals surface area contributed by atoms with E-state index in [4.69, 9.17) is 9.15 Å². The van der Waals surface area contributed by atoms with Crippen LogP contribution in [0.25, 0.3) is 11.1 Å². The summed E-state index contributed by atoms with van der Waals surface area (Å²) in [5.74, 6) is -0.0716. The van der Waals surface area contributed by atoms with Gasteiger partial charge in [-0.2, -0.15) is 5.10 Å². The van der Waals surface area contributed by atoms with Crippen LogP contribution in [-0.2, 0) is 14.8 Å². The summed E-state index contributed by atoms with van der Waals surface area (Å²) in [6.45, 7) is 3.39. The van der Waals surface area contributed by atoms with E-state index in [1.807, 2.05) is 6.07 Å². The SMILES string of the molecule is O=c1[nH]c2cc(S(=O)(=O)NCCNc3cc(N4CCOCC4)cnn3)ccc2o1. The molecule has 1 aliphatic heterocycles. The van der Waals surface area contributed by atoms with Crippen molar-refractivity contribution in [3.63, 3.8) is 0 Å². The molecule has 29 heavy (non-hydrogen) atoms. The smallest absolute Gasteiger partial charge is 0.408 e. The first-order valence-corrected chi connectivity index (χ1v) is 10.5. The van der Waals surface area contributed by atoms with Crippen molar-refractivity contribution in [1.82, 2.24) is 19.9 Å². The van der Waals surface area contributed by atoms with Gasteiger partial charge in [-0.15, -0.1) is 5.10 Å². The topological polar surface area (TPSA) is 142 Å². The average Bonchev–Trinajstić information content (AvgIpc) is 3.11. The van der Waals surface area contributed by atoms with E-state index < -0.39 is 15.8 Å². The van der Waals surface area contributed by atoms with Crippen LogP contribution in [0.4, 0.5) is 11.5 Å². The van der Waals surface area contributed by atoms with Gasteiger partial charge in [0.1, 0.15) is 0 Å². The zero-order chi connectivity index (χ0) is 20.3. The van der Waals surface area contributed by atoms with E-state index in [-0.39, 0.29) is 11.4 Å². The van der Waals surface area contributed by atoms with Gasteiger partial charge in [0.05, 0.1) is 35.5 Å². The van der Waals surface area contributed by atoms with E-state index in [1.165, 1.54) is 18.2 Å². The lowest BCUT2D eigenvalue weighted by Crippen LogP contribution is -2.36. The van der Waals surface area contributed by atoms with Crippen molar-refractivity contribution in [3.05, 3.63) is 41.0 Å². The molecule has 1 aromatic carbocycles. The van der Waals surface area contributed by atoms with Crippen molar-refractivity contribution in [1.29, 1.82) is 0 Å². The maximum absolute atomic E-state index is 12.4. The first-order valence-electron chi connectivity index (χ1n) is 9.03. The third-order valence-corrected chi connectivity index (χ3v) is 5.90. The molecule has 0 unspecified atom stereocenters. The van der Waals surface area contributed by atoms with E-state index in [2.05, 4.69) is 30.1 Å². The Balaban J connectivity index is 1.34. The van der Waals surface area contributed by atoms with Crippen LogP contribution in [0.5, 0.6) is 0 Å². The van der Waals surface area contributed by atoms with Gasteiger partial charge in [0.2, 0.25) is 10.0 Å². The number of nitrogens with zero attached hydrogens (tertiary/aromatic N) is 3. The van der Waals surface area contributed by atoms with Gasteiger partial charge >= 0.3 is 5.76 Å². The fourth-order valence-electron chi connectivity index (χ4n) is 2.99. The number of H-pyrrole nitrogens is 1. The van der Waals surface area contributed by atoms with Gasteiger partial charge < -0.3 is 19.4 Å². The number of hydrogen-bond donors (Lipinski definition) is 3. The molecule has 3 N–H and O–H groups in total. The minimum Gasteiger partial charge on any atom is -0.408 e. The van der Waals surface area contributed by atoms with Crippen LogP contribution in [-0.4, -0.2) is 63.0 Å². The highest BCUT2D eigenvalue weighted by atomic mass is 32.2. The molecule has 11 nitrogen and oxygen atoms in total. The Morgan fingerprint density at radius 2 is 2.00 bits per heavy atom. The molecule has 0 bridgehead atoms. The Morgan fingerprint density at radius 1 is 1.17 bits per heavy atom. The zero-order valence-electron chi connectivity index (χ0n) is 15.4. The van der Waals surface area contributed by atoms with Gasteiger partial charge in [-0.05, 0) is 18.2 Å². The Labute approximate surface area is 166 Å². The molecule has 4 rings (SSSR count). The van der Waals surface area contributed by atoms with Crippen LogP contribution >= 0.6 is 0 Å². The van der Waals surface area contributed by atoms with Gasteiger partial charge in [-0.3, -0.25) is 4.98 Å². The van der Waals surface area contributed by atoms with Crippen LogP contribution in [0.2, 0.25) is 0 Å². The molecule has 12 heteroatoms. The maximum Gasteiger partial charge on any atom is 0.417 e. The van der Waals surface area contributed by atoms with E-state index in [0.717, 1.165) is 18.8 Å². The van der Waals surface area contributed by atoms with Crippen molar-refractivity contribution >= 4 is 32.6 Å². The Bertz CT molecular complexity index is 1150. The number of aromatic amines is 1. The molecule has 0 saturated carbocycles. The van der Waals surface area contributed by atoms with Crippen molar-refractivity contribution in [3.8, 4) is 0 Å². The fourth-order valence-corrected chi connectivity index (χ4v) is 4.05. The fraction of sp³-hybridized carbons (Fsp3) is 0.353. The zero-order valence-corrected chi connectivity index (χ0v) is 16.2. The highest BCUT2D eigenvalue weighted by Gasteiger charge is 2.16. The van der Waals surface area contributed by atoms with E-state index in [0.29, 0.717) is 36.7 Å². The number of anilines is 2. The van der Waals surface area contributed by atoms with Gasteiger partial charge in [-0.1, -0.05) is 0 Å². The van der Waals surface area contributed by atoms with Crippen LogP contribution in [0.3, 0.4) is 0 Å². The van der Waals surface area contributed by atoms with Crippen molar-refractivity contribution < 1.29 is 17.6 Å². The molecule has 3 heterocycles. The number of aromatic nitrogens is 3. The number of hydrogen-bond acceptors (Lipinski definition) is 9. The molecule has 0 atom stereocenters. The first-order chi connectivity index (χ1) is 14.0. The second kappa shape index (κ2) is 8.19. The molecule has 0 amide bonds. The highest BCUT2D eigenvalue weighted by Crippen LogP contribution is 2.18. The molecule has 154 valence electrons. The molecule has 0 radical (unpaired) electrons. The molecule has 1 aliphatic rings. The molecule has 0 spiro atoms. The number of rotatable bonds is 7. The second-order valence-electron chi connectivity index (χ2n) is 6.40. The van der Waals surface area contributed by atoms with Crippen molar-refractivity contribution in [2.75, 3.05) is 49.6 Å². The minimum absolute atomic E-state index is 0.0381. The van der Waals surface area contributed by atoms with Gasteiger partial charge in [0.15, 0.2) is 11.4 Å². The minimum atomic E-state index is -3.73. The van der Waals surface area contributed by atoms with Crippen molar-refractivity contribution in [2.45, 2.75) is 4.90 Å². The van der Waals surface area contributed by atoms with E-state index in [1.54, 1.807) is 6.20 Å². The van der Waals surface area contributed by atoms with Gasteiger partial charge in [-0.25, -0.2) is 17.9 Å². The number of nitrogens with one attached hydrogen (secondary N) is 3. The van der Waals surface area contributed by atoms with Crippen LogP contribution in [0.1, 0.15) is 0 Å². The summed E-state index contributed by atoms with van der Waals surface area (Å²) in [5, 5.41) is 11.1. The number of oxazole rings is 1. The summed E-state index contributed by atoms with van der Waals surface area (Å²) in [6.07, 6.45) is 1.69. The molecule has 0 aliphatic carbocycles. The summed E-state index contributed by atoms with van der Waals surface area (Å²) in [6, 6.07) is 6.04. The average molecular weight is 420 g/mol. The molecule has 1 fully saturated rings. The molecule has 1 saturated heterocycles. The summed E-state index contributed by atoms with van der Waals surface area (Å²) in [4.78, 5) is 15.8. The molecular weight excluding hydrogens is 400 g/mol. The summed E-state index contributed by atoms with van der Waals surface area (Å²) < 4.78 is 37.6. The number of fused-ring (bicyclic) bond motifs is 1. The standard InChI is InChI=1S/C17H20N6O5S/c24-17-21-14-10-13(1-2-15(14)28-17)29(25,26)20-4-3-18-16-9-12(11-19-22-16)23-5-7-27-8-6-23/h1-2,9-11,20H,3-8H2,(H,18,22)(H,21,24). The van der Waals surface area contributed by atoms with E-state index in [9.17, 15) is 13.2 Å². The highest BCUT2D eigenvalue weighted by molar-refractivity contribution is 7.89. The van der Waals surface area contributed by atoms with E-state index >= 15 is 0 Å². The Hall–Kier alpha value is -2.96. The number of ether oxygens (including phenoxy) is 1. The predicted octanol–water partition coefficient (Wildman–Crippen LogP) is 0.138. The third kappa shape index (κ3) is 4.55.